The normalized spacial score (nSPS) is 24.8. The number of thioether (sulfide) groups is 1. The van der Waals surface area contributed by atoms with Crippen LogP contribution in [0.1, 0.15) is 27.2 Å². The zero-order valence-electron chi connectivity index (χ0n) is 8.63. The van der Waals surface area contributed by atoms with Gasteiger partial charge in [0.15, 0.2) is 5.96 Å². The molecule has 0 saturated carbocycles. The first kappa shape index (κ1) is 10.7. The number of aliphatic imine (C=N–C) groups is 1. The van der Waals surface area contributed by atoms with E-state index < -0.39 is 0 Å². The highest BCUT2D eigenvalue weighted by Gasteiger charge is 2.16. The number of rotatable bonds is 1. The average molecular weight is 201 g/mol. The minimum Gasteiger partial charge on any atom is -0.370 e. The van der Waals surface area contributed by atoms with Crippen LogP contribution in [0.3, 0.4) is 0 Å². The maximum absolute atomic E-state index is 5.77. The summed E-state index contributed by atoms with van der Waals surface area (Å²) >= 11 is 1.95. The molecule has 3 nitrogen and oxygen atoms in total. The van der Waals surface area contributed by atoms with Gasteiger partial charge in [0.05, 0.1) is 6.04 Å². The van der Waals surface area contributed by atoms with Gasteiger partial charge < -0.3 is 11.1 Å². The Morgan fingerprint density at radius 1 is 1.54 bits per heavy atom. The van der Waals surface area contributed by atoms with Crippen LogP contribution in [-0.4, -0.2) is 29.0 Å². The number of nitrogens with one attached hydrogen (secondary N) is 1. The van der Waals surface area contributed by atoms with Crippen molar-refractivity contribution in [2.24, 2.45) is 10.7 Å². The van der Waals surface area contributed by atoms with Crippen LogP contribution in [0.5, 0.6) is 0 Å². The van der Waals surface area contributed by atoms with Gasteiger partial charge in [0, 0.05) is 11.3 Å². The highest BCUT2D eigenvalue weighted by Crippen LogP contribution is 2.19. The maximum Gasteiger partial charge on any atom is 0.189 e. The van der Waals surface area contributed by atoms with Gasteiger partial charge in [-0.1, -0.05) is 0 Å². The molecule has 0 radical (unpaired) electrons. The Morgan fingerprint density at radius 3 is 2.69 bits per heavy atom. The highest BCUT2D eigenvalue weighted by atomic mass is 32.2. The lowest BCUT2D eigenvalue weighted by Crippen LogP contribution is -2.45. The van der Waals surface area contributed by atoms with Crippen LogP contribution in [-0.2, 0) is 0 Å². The molecule has 0 amide bonds. The molecule has 0 spiro atoms. The number of nitrogens with two attached hydrogens (primary N) is 1. The van der Waals surface area contributed by atoms with Crippen molar-refractivity contribution in [3.63, 3.8) is 0 Å². The van der Waals surface area contributed by atoms with Crippen LogP contribution in [0.25, 0.3) is 0 Å². The van der Waals surface area contributed by atoms with E-state index in [4.69, 9.17) is 5.73 Å². The Labute approximate surface area is 84.6 Å². The summed E-state index contributed by atoms with van der Waals surface area (Å²) in [6.07, 6.45) is 1.16. The van der Waals surface area contributed by atoms with E-state index >= 15 is 0 Å². The predicted octanol–water partition coefficient (Wildman–Crippen LogP) is 1.19. The van der Waals surface area contributed by atoms with Crippen LogP contribution in [0.4, 0.5) is 0 Å². The minimum absolute atomic E-state index is 0.0132. The Hall–Kier alpha value is -0.380. The van der Waals surface area contributed by atoms with Gasteiger partial charge in [-0.2, -0.15) is 11.8 Å². The molecule has 0 aromatic heterocycles. The molecule has 13 heavy (non-hydrogen) atoms. The van der Waals surface area contributed by atoms with Crippen LogP contribution >= 0.6 is 11.8 Å². The van der Waals surface area contributed by atoms with Gasteiger partial charge in [0.2, 0.25) is 0 Å². The van der Waals surface area contributed by atoms with E-state index in [2.05, 4.69) is 31.1 Å². The van der Waals surface area contributed by atoms with Crippen molar-refractivity contribution in [3.05, 3.63) is 0 Å². The van der Waals surface area contributed by atoms with Crippen molar-refractivity contribution >= 4 is 17.7 Å². The molecule has 1 saturated heterocycles. The Balaban J connectivity index is 2.41. The van der Waals surface area contributed by atoms with E-state index in [1.54, 1.807) is 0 Å². The molecule has 0 aromatic rings. The van der Waals surface area contributed by atoms with Crippen LogP contribution in [0, 0.1) is 0 Å². The molecule has 1 rings (SSSR count). The highest BCUT2D eigenvalue weighted by molar-refractivity contribution is 7.99. The first-order chi connectivity index (χ1) is 5.97. The summed E-state index contributed by atoms with van der Waals surface area (Å²) in [7, 11) is 0. The first-order valence-corrected chi connectivity index (χ1v) is 5.82. The monoisotopic (exact) mass is 201 g/mol. The second-order valence-corrected chi connectivity index (χ2v) is 5.56. The van der Waals surface area contributed by atoms with E-state index in [-0.39, 0.29) is 5.54 Å². The molecule has 0 aliphatic carbocycles. The predicted molar refractivity (Wildman–Crippen MR) is 60.2 cm³/mol. The quantitative estimate of drug-likeness (QED) is 0.495. The molecule has 4 heteroatoms. The molecule has 1 aliphatic heterocycles. The van der Waals surface area contributed by atoms with Crippen molar-refractivity contribution in [3.8, 4) is 0 Å². The van der Waals surface area contributed by atoms with Gasteiger partial charge >= 0.3 is 0 Å². The van der Waals surface area contributed by atoms with E-state index in [9.17, 15) is 0 Å². The molecular formula is C9H19N3S. The van der Waals surface area contributed by atoms with Gasteiger partial charge in [-0.3, -0.25) is 0 Å². The number of nitrogens with zero attached hydrogens (tertiary/aromatic N) is 1. The lowest BCUT2D eigenvalue weighted by atomic mass is 10.1. The van der Waals surface area contributed by atoms with Crippen molar-refractivity contribution in [1.82, 2.24) is 5.32 Å². The largest absolute Gasteiger partial charge is 0.370 e. The fourth-order valence-corrected chi connectivity index (χ4v) is 2.36. The first-order valence-electron chi connectivity index (χ1n) is 4.66. The average Bonchev–Trinajstić information content (AvgIpc) is 2.34. The maximum atomic E-state index is 5.77. The van der Waals surface area contributed by atoms with E-state index in [0.29, 0.717) is 12.0 Å². The van der Waals surface area contributed by atoms with Crippen molar-refractivity contribution in [1.29, 1.82) is 0 Å². The summed E-state index contributed by atoms with van der Waals surface area (Å²) in [6.45, 7) is 6.25. The SMILES string of the molecule is CC(C)(C)NC(N)=NC1CCSC1. The van der Waals surface area contributed by atoms with Gasteiger partial charge in [-0.05, 0) is 32.9 Å². The summed E-state index contributed by atoms with van der Waals surface area (Å²) < 4.78 is 0. The molecule has 1 atom stereocenters. The van der Waals surface area contributed by atoms with Crippen molar-refractivity contribution in [2.45, 2.75) is 38.8 Å². The molecule has 1 aliphatic rings. The summed E-state index contributed by atoms with van der Waals surface area (Å²) in [5.41, 5.74) is 5.78. The van der Waals surface area contributed by atoms with Crippen molar-refractivity contribution in [2.75, 3.05) is 11.5 Å². The number of hydrogen-bond acceptors (Lipinski definition) is 2. The fourth-order valence-electron chi connectivity index (χ4n) is 1.24. The van der Waals surface area contributed by atoms with Gasteiger partial charge in [0.1, 0.15) is 0 Å². The smallest absolute Gasteiger partial charge is 0.189 e. The lowest BCUT2D eigenvalue weighted by molar-refractivity contribution is 0.506. The van der Waals surface area contributed by atoms with E-state index in [1.165, 1.54) is 5.75 Å². The standard InChI is InChI=1S/C9H19N3S/c1-9(2,3)12-8(10)11-7-4-5-13-6-7/h7H,4-6H2,1-3H3,(H3,10,11,12). The van der Waals surface area contributed by atoms with Crippen LogP contribution < -0.4 is 11.1 Å². The number of guanidine groups is 1. The molecule has 1 unspecified atom stereocenters. The third-order valence-electron chi connectivity index (χ3n) is 1.73. The van der Waals surface area contributed by atoms with Crippen LogP contribution in [0.15, 0.2) is 4.99 Å². The number of hydrogen-bond donors (Lipinski definition) is 2. The molecule has 0 bridgehead atoms. The summed E-state index contributed by atoms with van der Waals surface area (Å²) in [5, 5.41) is 3.16. The Kier molecular flexibility index (Phi) is 3.47. The van der Waals surface area contributed by atoms with Gasteiger partial charge in [0.25, 0.3) is 0 Å². The summed E-state index contributed by atoms with van der Waals surface area (Å²) in [5.74, 6) is 2.92. The molecular weight excluding hydrogens is 182 g/mol. The lowest BCUT2D eigenvalue weighted by Gasteiger charge is -2.21. The molecule has 0 aromatic carbocycles. The zero-order chi connectivity index (χ0) is 9.90. The minimum atomic E-state index is 0.0132. The molecule has 76 valence electrons. The fraction of sp³-hybridized carbons (Fsp3) is 0.889. The third-order valence-corrected chi connectivity index (χ3v) is 2.88. The second kappa shape index (κ2) is 4.22. The van der Waals surface area contributed by atoms with Gasteiger partial charge in [-0.15, -0.1) is 0 Å². The van der Waals surface area contributed by atoms with Crippen LogP contribution in [0.2, 0.25) is 0 Å². The second-order valence-electron chi connectivity index (χ2n) is 4.41. The van der Waals surface area contributed by atoms with E-state index in [0.717, 1.165) is 12.2 Å². The summed E-state index contributed by atoms with van der Waals surface area (Å²) in [6, 6.07) is 0.430. The molecule has 3 N–H and O–H groups in total. The molecule has 1 heterocycles. The van der Waals surface area contributed by atoms with Gasteiger partial charge in [-0.25, -0.2) is 4.99 Å². The van der Waals surface area contributed by atoms with Crippen molar-refractivity contribution < 1.29 is 0 Å². The van der Waals surface area contributed by atoms with E-state index in [1.807, 2.05) is 11.8 Å². The Morgan fingerprint density at radius 2 is 2.23 bits per heavy atom. The summed E-state index contributed by atoms with van der Waals surface area (Å²) in [4.78, 5) is 4.42. The molecule has 1 fully saturated rings. The zero-order valence-corrected chi connectivity index (χ0v) is 9.45. The third kappa shape index (κ3) is 4.41. The topological polar surface area (TPSA) is 50.4 Å². The Bertz CT molecular complexity index is 190.